The Morgan fingerprint density at radius 3 is 2.64 bits per heavy atom. The molecule has 0 fully saturated rings. The molecule has 2 aliphatic carbocycles. The van der Waals surface area contributed by atoms with Gasteiger partial charge in [0.05, 0.1) is 21.7 Å². The van der Waals surface area contributed by atoms with E-state index in [1.54, 1.807) is 23.5 Å². The van der Waals surface area contributed by atoms with Crippen molar-refractivity contribution in [3.63, 3.8) is 0 Å². The molecule has 5 rings (SSSR count). The fourth-order valence-electron chi connectivity index (χ4n) is 4.35. The van der Waals surface area contributed by atoms with Gasteiger partial charge >= 0.3 is 0 Å². The van der Waals surface area contributed by atoms with E-state index in [0.717, 1.165) is 34.5 Å². The van der Waals surface area contributed by atoms with Gasteiger partial charge in [0.2, 0.25) is 0 Å². The maximum absolute atomic E-state index is 12.6. The highest BCUT2D eigenvalue weighted by Gasteiger charge is 2.24. The number of allylic oxidation sites excluding steroid dienone is 4. The summed E-state index contributed by atoms with van der Waals surface area (Å²) in [6, 6.07) is 0. The lowest BCUT2D eigenvalue weighted by molar-refractivity contribution is -0.115. The summed E-state index contributed by atoms with van der Waals surface area (Å²) in [5.41, 5.74) is 2.60. The number of rotatable bonds is 5. The van der Waals surface area contributed by atoms with Gasteiger partial charge in [0.15, 0.2) is 20.8 Å². The Labute approximate surface area is 218 Å². The van der Waals surface area contributed by atoms with Crippen LogP contribution in [0.15, 0.2) is 34.5 Å². The second-order valence-corrected chi connectivity index (χ2v) is 13.5. The summed E-state index contributed by atoms with van der Waals surface area (Å²) in [7, 11) is -0.211. The normalized spacial score (nSPS) is 17.4. The molecule has 3 heterocycles. The molecule has 36 heavy (non-hydrogen) atoms. The van der Waals surface area contributed by atoms with Crippen molar-refractivity contribution in [1.29, 1.82) is 0 Å². The molecule has 3 aromatic heterocycles. The Kier molecular flexibility index (Phi) is 6.90. The molecule has 2 aliphatic rings. The summed E-state index contributed by atoms with van der Waals surface area (Å²) in [6.07, 6.45) is 10.7. The summed E-state index contributed by atoms with van der Waals surface area (Å²) in [6.45, 7) is 4.20. The summed E-state index contributed by atoms with van der Waals surface area (Å²) in [4.78, 5) is 24.5. The predicted molar refractivity (Wildman–Crippen MR) is 148 cm³/mol. The number of thiophene rings is 1. The molecule has 3 aromatic rings. The van der Waals surface area contributed by atoms with Crippen molar-refractivity contribution in [2.75, 3.05) is 19.8 Å². The molecule has 9 nitrogen and oxygen atoms in total. The van der Waals surface area contributed by atoms with Crippen molar-refractivity contribution < 1.29 is 13.6 Å². The number of hydrogen-bond donors (Lipinski definition) is 1. The van der Waals surface area contributed by atoms with Crippen molar-refractivity contribution in [3.05, 3.63) is 40.6 Å². The van der Waals surface area contributed by atoms with Crippen LogP contribution in [0.4, 0.5) is 0 Å². The number of thioether (sulfide) groups is 1. The van der Waals surface area contributed by atoms with E-state index in [1.165, 1.54) is 65.6 Å². The Bertz CT molecular complexity index is 1570. The Hall–Kier alpha value is -2.38. The molecule has 0 bridgehead atoms. The van der Waals surface area contributed by atoms with E-state index >= 15 is 0 Å². The number of fused-ring (bicyclic) bond motifs is 5. The molecule has 1 amide bonds. The molecular weight excluding hydrogens is 517 g/mol. The lowest BCUT2D eigenvalue weighted by Crippen LogP contribution is -2.27. The zero-order valence-corrected chi connectivity index (χ0v) is 23.0. The van der Waals surface area contributed by atoms with E-state index in [4.69, 9.17) is 4.98 Å². The number of aliphatic imine (C=N–C) groups is 1. The number of aromatic nitrogens is 4. The topological polar surface area (TPSA) is 113 Å². The van der Waals surface area contributed by atoms with Gasteiger partial charge in [0.25, 0.3) is 5.91 Å². The van der Waals surface area contributed by atoms with Crippen LogP contribution in [0.3, 0.4) is 0 Å². The average Bonchev–Trinajstić information content (AvgIpc) is 3.43. The molecule has 1 unspecified atom stereocenters. The lowest BCUT2D eigenvalue weighted by Gasteiger charge is -2.15. The van der Waals surface area contributed by atoms with Gasteiger partial charge in [0, 0.05) is 24.9 Å². The first kappa shape index (κ1) is 25.3. The number of aryl methyl sites for hydroxylation is 2. The highest BCUT2D eigenvalue weighted by atomic mass is 32.2. The Morgan fingerprint density at radius 1 is 1.22 bits per heavy atom. The number of amides is 1. The zero-order valence-electron chi connectivity index (χ0n) is 20.6. The monoisotopic (exact) mass is 544 g/mol. The number of carbonyl (C=O) groups excluding carboxylic acids is 1. The zero-order chi connectivity index (χ0) is 25.6. The second kappa shape index (κ2) is 9.82. The highest BCUT2D eigenvalue weighted by Crippen LogP contribution is 2.39. The molecule has 12 heteroatoms. The van der Waals surface area contributed by atoms with E-state index in [2.05, 4.69) is 29.0 Å². The molecule has 1 atom stereocenters. The van der Waals surface area contributed by atoms with Crippen LogP contribution in [-0.4, -0.2) is 69.0 Å². The maximum Gasteiger partial charge on any atom is 0.256 e. The third-order valence-corrected chi connectivity index (χ3v) is 10.2. The fraction of sp³-hybridized carbons (Fsp3) is 0.417. The Balaban J connectivity index is 1.41. The van der Waals surface area contributed by atoms with Crippen LogP contribution < -0.4 is 0 Å². The van der Waals surface area contributed by atoms with Crippen LogP contribution in [0.1, 0.15) is 48.9 Å². The minimum Gasteiger partial charge on any atom is -0.302 e. The summed E-state index contributed by atoms with van der Waals surface area (Å²) >= 11 is 3.07. The predicted octanol–water partition coefficient (Wildman–Crippen LogP) is 3.93. The van der Waals surface area contributed by atoms with Crippen molar-refractivity contribution in [3.8, 4) is 0 Å². The maximum atomic E-state index is 12.6. The van der Waals surface area contributed by atoms with E-state index in [-0.39, 0.29) is 22.4 Å². The second-order valence-electron chi connectivity index (χ2n) is 9.25. The standard InChI is InChI=1S/C24H28N6O3S3/c1-14(2)21-26-23-20(17-7-5-6-8-18(17)35-23)22-27-28-24(30(21)22)34-13-19(31)25-15-9-11-16(12-10-15)36(32,33)29(3)4/h9-12,14H,5-8,13H2,1-4H3,(H,32,33). The molecule has 0 saturated carbocycles. The Morgan fingerprint density at radius 2 is 1.94 bits per heavy atom. The summed E-state index contributed by atoms with van der Waals surface area (Å²) in [5, 5.41) is 10.7. The first-order chi connectivity index (χ1) is 17.2. The third-order valence-electron chi connectivity index (χ3n) is 6.19. The van der Waals surface area contributed by atoms with Crippen molar-refractivity contribution >= 4 is 65.4 Å². The van der Waals surface area contributed by atoms with Crippen LogP contribution in [-0.2, 0) is 27.6 Å². The minimum absolute atomic E-state index is 0.0916. The highest BCUT2D eigenvalue weighted by molar-refractivity contribution is 7.99. The van der Waals surface area contributed by atoms with E-state index < -0.39 is 9.99 Å². The van der Waals surface area contributed by atoms with Crippen LogP contribution in [0.2, 0.25) is 0 Å². The lowest BCUT2D eigenvalue weighted by atomic mass is 9.97. The van der Waals surface area contributed by atoms with Crippen LogP contribution in [0.25, 0.3) is 15.9 Å². The van der Waals surface area contributed by atoms with Gasteiger partial charge in [-0.25, -0.2) is 18.5 Å². The van der Waals surface area contributed by atoms with E-state index in [1.807, 2.05) is 4.40 Å². The van der Waals surface area contributed by atoms with Crippen molar-refractivity contribution in [2.24, 2.45) is 4.99 Å². The largest absolute Gasteiger partial charge is 0.302 e. The van der Waals surface area contributed by atoms with Gasteiger partial charge < -0.3 is 4.55 Å². The number of hydrogen-bond acceptors (Lipinski definition) is 7. The van der Waals surface area contributed by atoms with Gasteiger partial charge in [-0.2, -0.15) is 0 Å². The van der Waals surface area contributed by atoms with Gasteiger partial charge in [-0.1, -0.05) is 25.6 Å². The quantitative estimate of drug-likeness (QED) is 0.382. The van der Waals surface area contributed by atoms with Gasteiger partial charge in [-0.3, -0.25) is 9.20 Å². The molecule has 1 N–H and O–H groups in total. The van der Waals surface area contributed by atoms with Crippen molar-refractivity contribution in [1.82, 2.24) is 23.9 Å². The fourth-order valence-corrected chi connectivity index (χ4v) is 7.25. The first-order valence-electron chi connectivity index (χ1n) is 11.8. The summed E-state index contributed by atoms with van der Waals surface area (Å²) < 4.78 is 25.7. The number of nitrogens with zero attached hydrogens (tertiary/aromatic N) is 6. The molecule has 0 aromatic carbocycles. The molecular formula is C24H28N6O3S3. The smallest absolute Gasteiger partial charge is 0.256 e. The first-order valence-corrected chi connectivity index (χ1v) is 15.0. The molecule has 0 spiro atoms. The van der Waals surface area contributed by atoms with Gasteiger partial charge in [0.1, 0.15) is 10.7 Å². The van der Waals surface area contributed by atoms with Crippen molar-refractivity contribution in [2.45, 2.75) is 50.6 Å². The summed E-state index contributed by atoms with van der Waals surface area (Å²) in [5.74, 6) is 0.815. The molecule has 190 valence electrons. The third kappa shape index (κ3) is 4.56. The SMILES string of the molecule is CC(C)c1nc2sc3c(c2c2nnc(SCC(=O)N=C4C=CC(=S(=O)(O)N(C)C)C=C4)n12)CCCC3. The molecule has 0 radical (unpaired) electrons. The molecule has 0 aliphatic heterocycles. The van der Waals surface area contributed by atoms with Gasteiger partial charge in [-0.15, -0.1) is 21.5 Å². The molecule has 0 saturated heterocycles. The van der Waals surface area contributed by atoms with Crippen LogP contribution >= 0.6 is 23.1 Å². The van der Waals surface area contributed by atoms with Gasteiger partial charge in [-0.05, 0) is 55.6 Å². The minimum atomic E-state index is -3.28. The average molecular weight is 545 g/mol. The van der Waals surface area contributed by atoms with E-state index in [0.29, 0.717) is 10.9 Å². The number of carbonyl (C=O) groups is 1. The van der Waals surface area contributed by atoms with Crippen LogP contribution in [0, 0.1) is 0 Å². The van der Waals surface area contributed by atoms with Crippen LogP contribution in [0.5, 0.6) is 0 Å². The van der Waals surface area contributed by atoms with E-state index in [9.17, 15) is 13.6 Å².